The molecule has 0 radical (unpaired) electrons. The molecular weight excluding hydrogens is 286 g/mol. The lowest BCUT2D eigenvalue weighted by molar-refractivity contribution is -0.133. The molecule has 3 nitrogen and oxygen atoms in total. The third-order valence-corrected chi connectivity index (χ3v) is 2.56. The number of rotatable bonds is 2. The van der Waals surface area contributed by atoms with Crippen LogP contribution in [0.4, 0.5) is 0 Å². The second-order valence-corrected chi connectivity index (χ2v) is 4.45. The number of ether oxygens (including phenoxy) is 1. The molecule has 1 aromatic rings. The Kier molecular flexibility index (Phi) is 4.57. The van der Waals surface area contributed by atoms with Crippen LogP contribution in [0.2, 0.25) is 15.1 Å². The van der Waals surface area contributed by atoms with Crippen LogP contribution >= 0.6 is 34.8 Å². The van der Waals surface area contributed by atoms with E-state index in [9.17, 15) is 9.59 Å². The molecule has 17 heavy (non-hydrogen) atoms. The van der Waals surface area contributed by atoms with Crippen molar-refractivity contribution in [1.82, 2.24) is 0 Å². The highest BCUT2D eigenvalue weighted by molar-refractivity contribution is 6.42. The van der Waals surface area contributed by atoms with Crippen LogP contribution in [0.1, 0.15) is 17.3 Å². The summed E-state index contributed by atoms with van der Waals surface area (Å²) in [5, 5.41) is 0.312. The third-order valence-electron chi connectivity index (χ3n) is 1.74. The fourth-order valence-corrected chi connectivity index (χ4v) is 1.93. The zero-order valence-electron chi connectivity index (χ0n) is 8.72. The maximum Gasteiger partial charge on any atom is 0.349 e. The number of benzene rings is 1. The fraction of sp³-hybridized carbons (Fsp3) is 0.0909. The van der Waals surface area contributed by atoms with Gasteiger partial charge in [0.2, 0.25) is 0 Å². The summed E-state index contributed by atoms with van der Waals surface area (Å²) in [6.07, 6.45) is 0. The Labute approximate surface area is 113 Å². The summed E-state index contributed by atoms with van der Waals surface area (Å²) in [7, 11) is 0. The summed E-state index contributed by atoms with van der Waals surface area (Å²) < 4.78 is 4.51. The zero-order valence-corrected chi connectivity index (χ0v) is 11.0. The van der Waals surface area contributed by atoms with Crippen molar-refractivity contribution in [2.24, 2.45) is 0 Å². The monoisotopic (exact) mass is 292 g/mol. The van der Waals surface area contributed by atoms with Gasteiger partial charge < -0.3 is 4.74 Å². The molecule has 0 atom stereocenters. The highest BCUT2D eigenvalue weighted by Gasteiger charge is 2.20. The van der Waals surface area contributed by atoms with Gasteiger partial charge in [0, 0.05) is 10.6 Å². The molecular formula is C11H7Cl3O3. The minimum atomic E-state index is -0.940. The van der Waals surface area contributed by atoms with Gasteiger partial charge in [-0.25, -0.2) is 9.59 Å². The predicted molar refractivity (Wildman–Crippen MR) is 66.7 cm³/mol. The first-order valence-corrected chi connectivity index (χ1v) is 5.53. The van der Waals surface area contributed by atoms with E-state index in [0.717, 1.165) is 0 Å². The molecule has 1 aromatic carbocycles. The Morgan fingerprint density at radius 1 is 1.18 bits per heavy atom. The van der Waals surface area contributed by atoms with Gasteiger partial charge in [0.25, 0.3) is 0 Å². The van der Waals surface area contributed by atoms with Crippen molar-refractivity contribution < 1.29 is 14.3 Å². The molecule has 0 saturated heterocycles. The van der Waals surface area contributed by atoms with Crippen LogP contribution in [0.25, 0.3) is 0 Å². The van der Waals surface area contributed by atoms with Crippen LogP contribution in [0.5, 0.6) is 0 Å². The van der Waals surface area contributed by atoms with Crippen molar-refractivity contribution >= 4 is 46.7 Å². The first-order valence-electron chi connectivity index (χ1n) is 4.39. The number of esters is 2. The molecule has 0 spiro atoms. The van der Waals surface area contributed by atoms with Gasteiger partial charge in [-0.2, -0.15) is 0 Å². The Morgan fingerprint density at radius 2 is 1.65 bits per heavy atom. The lowest BCUT2D eigenvalue weighted by atomic mass is 10.2. The van der Waals surface area contributed by atoms with Gasteiger partial charge in [-0.05, 0) is 19.1 Å². The van der Waals surface area contributed by atoms with Crippen molar-refractivity contribution in [3.8, 4) is 0 Å². The SMILES string of the molecule is C=C(C)C(=O)OC(=O)c1c(Cl)cc(Cl)cc1Cl. The summed E-state index contributed by atoms with van der Waals surface area (Å²) >= 11 is 17.3. The average molecular weight is 294 g/mol. The number of halogens is 3. The Balaban J connectivity index is 3.05. The maximum atomic E-state index is 11.6. The Bertz CT molecular complexity index is 486. The smallest absolute Gasteiger partial charge is 0.349 e. The van der Waals surface area contributed by atoms with E-state index in [1.54, 1.807) is 0 Å². The molecule has 0 bridgehead atoms. The van der Waals surface area contributed by atoms with Gasteiger partial charge in [-0.15, -0.1) is 0 Å². The molecule has 1 rings (SSSR count). The molecule has 0 unspecified atom stereocenters. The van der Waals surface area contributed by atoms with E-state index in [1.807, 2.05) is 0 Å². The standard InChI is InChI=1S/C11H7Cl3O3/c1-5(2)10(15)17-11(16)9-7(13)3-6(12)4-8(9)14/h3-4H,1H2,2H3. The van der Waals surface area contributed by atoms with Crippen molar-refractivity contribution in [3.63, 3.8) is 0 Å². The number of carbonyl (C=O) groups excluding carboxylic acids is 2. The molecule has 0 aliphatic rings. The molecule has 0 aliphatic heterocycles. The first kappa shape index (κ1) is 14.0. The highest BCUT2D eigenvalue weighted by atomic mass is 35.5. The first-order chi connectivity index (χ1) is 7.82. The predicted octanol–water partition coefficient (Wildman–Crippen LogP) is 3.91. The van der Waals surface area contributed by atoms with Gasteiger partial charge >= 0.3 is 11.9 Å². The van der Waals surface area contributed by atoms with Crippen molar-refractivity contribution in [1.29, 1.82) is 0 Å². The van der Waals surface area contributed by atoms with E-state index in [4.69, 9.17) is 34.8 Å². The van der Waals surface area contributed by atoms with Crippen LogP contribution in [-0.4, -0.2) is 11.9 Å². The van der Waals surface area contributed by atoms with E-state index in [1.165, 1.54) is 19.1 Å². The molecule has 90 valence electrons. The van der Waals surface area contributed by atoms with Crippen LogP contribution in [0.3, 0.4) is 0 Å². The summed E-state index contributed by atoms with van der Waals surface area (Å²) in [5.74, 6) is -1.78. The number of carbonyl (C=O) groups is 2. The fourth-order valence-electron chi connectivity index (χ4n) is 0.960. The molecule has 0 aromatic heterocycles. The molecule has 0 amide bonds. The minimum absolute atomic E-state index is 0.0158. The lowest BCUT2D eigenvalue weighted by Crippen LogP contribution is -2.13. The van der Waals surface area contributed by atoms with Crippen molar-refractivity contribution in [3.05, 3.63) is 44.9 Å². The quantitative estimate of drug-likeness (QED) is 0.472. The summed E-state index contributed by atoms with van der Waals surface area (Å²) in [6.45, 7) is 4.76. The largest absolute Gasteiger partial charge is 0.386 e. The van der Waals surface area contributed by atoms with Crippen LogP contribution in [0.15, 0.2) is 24.3 Å². The Hall–Kier alpha value is -1.03. The van der Waals surface area contributed by atoms with Crippen LogP contribution < -0.4 is 0 Å². The molecule has 6 heteroatoms. The summed E-state index contributed by atoms with van der Waals surface area (Å²) in [5.41, 5.74) is -0.00751. The van der Waals surface area contributed by atoms with Crippen LogP contribution in [-0.2, 0) is 9.53 Å². The summed E-state index contributed by atoms with van der Waals surface area (Å²) in [4.78, 5) is 22.8. The van der Waals surface area contributed by atoms with E-state index < -0.39 is 11.9 Å². The Morgan fingerprint density at radius 3 is 2.06 bits per heavy atom. The van der Waals surface area contributed by atoms with Crippen molar-refractivity contribution in [2.75, 3.05) is 0 Å². The van der Waals surface area contributed by atoms with Gasteiger partial charge in [-0.3, -0.25) is 0 Å². The van der Waals surface area contributed by atoms with E-state index >= 15 is 0 Å². The van der Waals surface area contributed by atoms with Gasteiger partial charge in [0.15, 0.2) is 0 Å². The highest BCUT2D eigenvalue weighted by Crippen LogP contribution is 2.29. The zero-order chi connectivity index (χ0) is 13.2. The molecule has 0 fully saturated rings. The average Bonchev–Trinajstić information content (AvgIpc) is 2.15. The third kappa shape index (κ3) is 3.46. The number of hydrogen-bond acceptors (Lipinski definition) is 3. The van der Waals surface area contributed by atoms with Gasteiger partial charge in [-0.1, -0.05) is 41.4 Å². The van der Waals surface area contributed by atoms with E-state index in [2.05, 4.69) is 11.3 Å². The van der Waals surface area contributed by atoms with E-state index in [0.29, 0.717) is 0 Å². The lowest BCUT2D eigenvalue weighted by Gasteiger charge is -2.06. The van der Waals surface area contributed by atoms with E-state index in [-0.39, 0.29) is 26.2 Å². The topological polar surface area (TPSA) is 43.4 Å². The molecule has 0 N–H and O–H groups in total. The molecule has 0 heterocycles. The normalized spacial score (nSPS) is 9.88. The minimum Gasteiger partial charge on any atom is -0.386 e. The maximum absolute atomic E-state index is 11.6. The molecule has 0 saturated carbocycles. The second-order valence-electron chi connectivity index (χ2n) is 3.20. The van der Waals surface area contributed by atoms with Crippen molar-refractivity contribution in [2.45, 2.75) is 6.92 Å². The van der Waals surface area contributed by atoms with Gasteiger partial charge in [0.05, 0.1) is 15.6 Å². The second kappa shape index (κ2) is 5.54. The van der Waals surface area contributed by atoms with Gasteiger partial charge in [0.1, 0.15) is 0 Å². The number of hydrogen-bond donors (Lipinski definition) is 0. The summed E-state index contributed by atoms with van der Waals surface area (Å²) in [6, 6.07) is 2.66. The molecule has 0 aliphatic carbocycles. The van der Waals surface area contributed by atoms with Crippen LogP contribution in [0, 0.1) is 0 Å².